The molecule has 6 rings (SSSR count). The van der Waals surface area contributed by atoms with Crippen molar-refractivity contribution in [3.8, 4) is 11.5 Å². The highest BCUT2D eigenvalue weighted by Crippen LogP contribution is 2.44. The average molecular weight is 720 g/mol. The van der Waals surface area contributed by atoms with Crippen LogP contribution in [-0.2, 0) is 33.5 Å². The minimum atomic E-state index is -3.81. The van der Waals surface area contributed by atoms with E-state index in [1.807, 2.05) is 6.92 Å². The van der Waals surface area contributed by atoms with E-state index in [0.717, 1.165) is 12.8 Å². The highest BCUT2D eigenvalue weighted by Gasteiger charge is 2.56. The predicted molar refractivity (Wildman–Crippen MR) is 173 cm³/mol. The molecule has 2 saturated heterocycles. The molecule has 0 bridgehead atoms. The van der Waals surface area contributed by atoms with Crippen molar-refractivity contribution in [1.82, 2.24) is 20.9 Å². The number of likely N-dealkylation sites (tertiary alicyclic amines) is 1. The van der Waals surface area contributed by atoms with E-state index < -0.39 is 71.1 Å². The van der Waals surface area contributed by atoms with Crippen LogP contribution >= 0.6 is 0 Å². The molecule has 1 aromatic rings. The van der Waals surface area contributed by atoms with Crippen molar-refractivity contribution in [2.24, 2.45) is 10.6 Å². The first-order valence-electron chi connectivity index (χ1n) is 17.2. The minimum absolute atomic E-state index is 0.0630. The summed E-state index contributed by atoms with van der Waals surface area (Å²) in [6, 6.07) is 0.610. The summed E-state index contributed by atoms with van der Waals surface area (Å²) in [5, 5.41) is 12.3. The van der Waals surface area contributed by atoms with Crippen LogP contribution in [0.4, 0.5) is 13.6 Å². The maximum absolute atomic E-state index is 14.5. The van der Waals surface area contributed by atoms with Crippen molar-refractivity contribution in [3.63, 3.8) is 0 Å². The predicted octanol–water partition coefficient (Wildman–Crippen LogP) is 2.53. The van der Waals surface area contributed by atoms with E-state index in [2.05, 4.69) is 30.6 Å². The largest absolute Gasteiger partial charge is 0.586 e. The number of rotatable bonds is 11. The summed E-state index contributed by atoms with van der Waals surface area (Å²) in [7, 11) is 0. The van der Waals surface area contributed by atoms with Crippen molar-refractivity contribution in [3.05, 3.63) is 23.8 Å². The molecule has 0 aromatic heterocycles. The van der Waals surface area contributed by atoms with Gasteiger partial charge in [-0.05, 0) is 42.9 Å². The lowest BCUT2D eigenvalue weighted by Gasteiger charge is -2.35. The van der Waals surface area contributed by atoms with Gasteiger partial charge in [0.2, 0.25) is 17.6 Å². The highest BCUT2D eigenvalue weighted by atomic mass is 19.3. The molecule has 5 atom stereocenters. The number of carbonyl (C=O) groups is 5. The highest BCUT2D eigenvalue weighted by molar-refractivity contribution is 6.38. The summed E-state index contributed by atoms with van der Waals surface area (Å²) < 4.78 is 47.2. The normalized spacial score (nSPS) is 25.8. The summed E-state index contributed by atoms with van der Waals surface area (Å²) in [5.74, 6) is -3.19. The Bertz CT molecular complexity index is 1610. The van der Waals surface area contributed by atoms with Crippen molar-refractivity contribution >= 4 is 35.3 Å². The van der Waals surface area contributed by atoms with Gasteiger partial charge >= 0.3 is 12.4 Å². The molecule has 4 aliphatic heterocycles. The number of fused-ring (bicyclic) bond motifs is 1. The molecule has 0 unspecified atom stereocenters. The van der Waals surface area contributed by atoms with Gasteiger partial charge in [0.15, 0.2) is 17.1 Å². The van der Waals surface area contributed by atoms with E-state index >= 15 is 0 Å². The Labute approximate surface area is 293 Å². The number of ketones is 1. The number of carbonyl (C=O) groups excluding carboxylic acids is 5. The second-order valence-electron chi connectivity index (χ2n) is 14.8. The van der Waals surface area contributed by atoms with Crippen molar-refractivity contribution in [2.75, 3.05) is 19.8 Å². The number of hydrogen-bond acceptors (Lipinski definition) is 11. The Hall–Kier alpha value is -4.54. The minimum Gasteiger partial charge on any atom is -0.444 e. The molecule has 1 aromatic carbocycles. The molecule has 1 saturated carbocycles. The topological polar surface area (TPSA) is 183 Å². The number of oxime groups is 1. The smallest absolute Gasteiger partial charge is 0.444 e. The molecule has 0 radical (unpaired) electrons. The summed E-state index contributed by atoms with van der Waals surface area (Å²) >= 11 is 0. The van der Waals surface area contributed by atoms with Crippen LogP contribution in [0.2, 0.25) is 0 Å². The lowest BCUT2D eigenvalue weighted by atomic mass is 9.85. The second kappa shape index (κ2) is 13.9. The van der Waals surface area contributed by atoms with Gasteiger partial charge in [0.25, 0.3) is 5.91 Å². The number of nitrogens with zero attached hydrogens (tertiary/aromatic N) is 2. The molecule has 15 nitrogen and oxygen atoms in total. The van der Waals surface area contributed by atoms with E-state index in [1.165, 1.54) is 23.1 Å². The van der Waals surface area contributed by atoms with E-state index in [-0.39, 0.29) is 50.0 Å². The molecule has 5 aliphatic rings. The van der Waals surface area contributed by atoms with Crippen LogP contribution < -0.4 is 25.4 Å². The maximum Gasteiger partial charge on any atom is 0.586 e. The first-order chi connectivity index (χ1) is 24.1. The Morgan fingerprint density at radius 3 is 2.49 bits per heavy atom. The van der Waals surface area contributed by atoms with Crippen molar-refractivity contribution in [1.29, 1.82) is 0 Å². The summed E-state index contributed by atoms with van der Waals surface area (Å²) in [5.41, 5.74) is -1.33. The third kappa shape index (κ3) is 8.18. The van der Waals surface area contributed by atoms with Crippen LogP contribution in [0.5, 0.6) is 11.5 Å². The zero-order valence-electron chi connectivity index (χ0n) is 28.9. The Morgan fingerprint density at radius 2 is 1.82 bits per heavy atom. The molecular weight excluding hydrogens is 676 g/mol. The van der Waals surface area contributed by atoms with Crippen LogP contribution in [-0.4, -0.2) is 102 Å². The molecule has 51 heavy (non-hydrogen) atoms. The van der Waals surface area contributed by atoms with Gasteiger partial charge in [-0.15, -0.1) is 8.78 Å². The number of hydrogen-bond donors (Lipinski definition) is 3. The SMILES string of the molecule is CCC[C@H](NC(=O)[C@@H]1C[C@]2(CC(c3ccc4c(c3)OC(F)(F)O4)=NO2)CN1C(=O)[C@@H](NC(=O)O[C@H]1CCOC1)C(C)(C)C)C(=O)C(=O)NC1CC1. The van der Waals surface area contributed by atoms with Gasteiger partial charge in [0.05, 0.1) is 31.5 Å². The number of ether oxygens (including phenoxy) is 4. The number of Topliss-reactive ketones (excluding diaryl/α,β-unsaturated/α-hetero) is 1. The second-order valence-corrected chi connectivity index (χ2v) is 14.8. The fraction of sp³-hybridized carbons (Fsp3) is 0.647. The van der Waals surface area contributed by atoms with Gasteiger partial charge in [-0.25, -0.2) is 4.79 Å². The van der Waals surface area contributed by atoms with Gasteiger partial charge in [0, 0.05) is 30.9 Å². The molecular formula is C34H43F2N5O10. The standard InChI is InChI=1S/C34H43F2N5O10/c1-5-6-21(26(42)29(44)37-19-8-9-19)38-28(43)23-15-33(14-22(40-51-33)18-7-10-24-25(13-18)50-34(35,36)49-24)17-41(23)30(45)27(32(2,3)4)39-31(46)48-20-11-12-47-16-20/h7,10,13,19-21,23,27H,5-6,8-9,11-12,14-17H2,1-4H3,(H,37,44)(H,38,43)(H,39,46)/t20-,21-,23-,27+,33+/m0/s1. The fourth-order valence-electron chi connectivity index (χ4n) is 6.60. The molecule has 4 amide bonds. The van der Waals surface area contributed by atoms with Crippen molar-refractivity contribution < 1.29 is 56.5 Å². The summed E-state index contributed by atoms with van der Waals surface area (Å²) in [4.78, 5) is 74.6. The zero-order valence-corrected chi connectivity index (χ0v) is 28.9. The van der Waals surface area contributed by atoms with E-state index in [0.29, 0.717) is 30.7 Å². The maximum atomic E-state index is 14.5. The number of benzene rings is 1. The van der Waals surface area contributed by atoms with Gasteiger partial charge in [0.1, 0.15) is 18.2 Å². The van der Waals surface area contributed by atoms with Gasteiger partial charge < -0.3 is 44.6 Å². The third-order valence-corrected chi connectivity index (χ3v) is 9.44. The zero-order chi connectivity index (χ0) is 36.7. The number of halogens is 2. The van der Waals surface area contributed by atoms with Gasteiger partial charge in [-0.3, -0.25) is 19.2 Å². The monoisotopic (exact) mass is 719 g/mol. The van der Waals surface area contributed by atoms with E-state index in [4.69, 9.17) is 14.3 Å². The molecule has 3 N–H and O–H groups in total. The van der Waals surface area contributed by atoms with Crippen molar-refractivity contribution in [2.45, 2.75) is 115 Å². The Balaban J connectivity index is 1.24. The lowest BCUT2D eigenvalue weighted by Crippen LogP contribution is -2.59. The van der Waals surface area contributed by atoms with Crippen LogP contribution in [0, 0.1) is 5.41 Å². The van der Waals surface area contributed by atoms with Crippen LogP contribution in [0.25, 0.3) is 0 Å². The Morgan fingerprint density at radius 1 is 1.08 bits per heavy atom. The first kappa shape index (κ1) is 36.3. The third-order valence-electron chi connectivity index (χ3n) is 9.44. The van der Waals surface area contributed by atoms with Gasteiger partial charge in [-0.2, -0.15) is 0 Å². The fourth-order valence-corrected chi connectivity index (χ4v) is 6.60. The van der Waals surface area contributed by atoms with Gasteiger partial charge in [-0.1, -0.05) is 39.3 Å². The molecule has 17 heteroatoms. The lowest BCUT2D eigenvalue weighted by molar-refractivity contribution is -0.286. The van der Waals surface area contributed by atoms with Crippen LogP contribution in [0.1, 0.15) is 78.2 Å². The quantitative estimate of drug-likeness (QED) is 0.288. The van der Waals surface area contributed by atoms with Crippen LogP contribution in [0.3, 0.4) is 0 Å². The number of nitrogens with one attached hydrogen (secondary N) is 3. The summed E-state index contributed by atoms with van der Waals surface area (Å²) in [6.07, 6.45) is -2.35. The number of alkyl halides is 2. The molecule has 1 aliphatic carbocycles. The Kier molecular flexibility index (Phi) is 9.87. The molecule has 4 heterocycles. The summed E-state index contributed by atoms with van der Waals surface area (Å²) in [6.45, 7) is 7.60. The van der Waals surface area contributed by atoms with E-state index in [9.17, 15) is 32.8 Å². The molecule has 1 spiro atoms. The molecule has 278 valence electrons. The number of amides is 4. The average Bonchev–Trinajstić information content (AvgIpc) is 3.40. The first-order valence-corrected chi connectivity index (χ1v) is 17.2. The number of alkyl carbamates (subject to hydrolysis) is 1. The van der Waals surface area contributed by atoms with E-state index in [1.54, 1.807) is 20.8 Å². The molecule has 3 fully saturated rings. The van der Waals surface area contributed by atoms with Crippen LogP contribution in [0.15, 0.2) is 23.4 Å².